The normalized spacial score (nSPS) is 26.8. The zero-order valence-corrected chi connectivity index (χ0v) is 13.2. The van der Waals surface area contributed by atoms with Gasteiger partial charge in [0.05, 0.1) is 0 Å². The molecule has 3 unspecified atom stereocenters. The second kappa shape index (κ2) is 8.16. The first-order valence-corrected chi connectivity index (χ1v) is 7.99. The zero-order valence-electron chi connectivity index (χ0n) is 13.2. The fourth-order valence-electron chi connectivity index (χ4n) is 3.50. The van der Waals surface area contributed by atoms with Crippen molar-refractivity contribution in [3.05, 3.63) is 0 Å². The second-order valence-corrected chi connectivity index (χ2v) is 6.38. The summed E-state index contributed by atoms with van der Waals surface area (Å²) < 4.78 is 0. The number of likely N-dealkylation sites (N-methyl/N-ethyl adjacent to an activating group) is 1. The minimum Gasteiger partial charge on any atom is -0.312 e. The monoisotopic (exact) mass is 254 g/mol. The lowest BCUT2D eigenvalue weighted by Gasteiger charge is -2.36. The Morgan fingerprint density at radius 3 is 2.22 bits per heavy atom. The fourth-order valence-corrected chi connectivity index (χ4v) is 3.50. The molecule has 1 aliphatic rings. The van der Waals surface area contributed by atoms with Gasteiger partial charge in [-0.25, -0.2) is 0 Å². The van der Waals surface area contributed by atoms with Gasteiger partial charge < -0.3 is 10.2 Å². The molecule has 0 aromatic rings. The minimum atomic E-state index is 0.689. The van der Waals surface area contributed by atoms with Crippen molar-refractivity contribution >= 4 is 0 Å². The first-order chi connectivity index (χ1) is 8.60. The van der Waals surface area contributed by atoms with E-state index in [0.717, 1.165) is 24.4 Å². The molecular formula is C16H34N2. The van der Waals surface area contributed by atoms with Gasteiger partial charge in [-0.2, -0.15) is 0 Å². The van der Waals surface area contributed by atoms with E-state index in [-0.39, 0.29) is 0 Å². The van der Waals surface area contributed by atoms with Crippen LogP contribution in [-0.2, 0) is 0 Å². The van der Waals surface area contributed by atoms with E-state index in [1.807, 2.05) is 0 Å². The maximum absolute atomic E-state index is 3.86. The van der Waals surface area contributed by atoms with E-state index in [0.29, 0.717) is 6.04 Å². The summed E-state index contributed by atoms with van der Waals surface area (Å²) in [5.74, 6) is 1.69. The summed E-state index contributed by atoms with van der Waals surface area (Å²) in [6.45, 7) is 8.23. The van der Waals surface area contributed by atoms with Crippen molar-refractivity contribution in [2.24, 2.45) is 11.8 Å². The van der Waals surface area contributed by atoms with Gasteiger partial charge in [0.25, 0.3) is 0 Å². The summed E-state index contributed by atoms with van der Waals surface area (Å²) in [4.78, 5) is 2.41. The SMILES string of the molecule is CCC(CC)C(CNC1CCCCC1C)N(C)C. The molecule has 0 spiro atoms. The predicted octanol–water partition coefficient (Wildman–Crippen LogP) is 3.52. The molecule has 2 heteroatoms. The van der Waals surface area contributed by atoms with E-state index in [1.165, 1.54) is 38.5 Å². The summed E-state index contributed by atoms with van der Waals surface area (Å²) in [7, 11) is 4.46. The van der Waals surface area contributed by atoms with Crippen molar-refractivity contribution in [2.75, 3.05) is 20.6 Å². The van der Waals surface area contributed by atoms with Crippen molar-refractivity contribution in [3.63, 3.8) is 0 Å². The molecule has 108 valence electrons. The molecule has 0 aliphatic heterocycles. The molecule has 0 heterocycles. The van der Waals surface area contributed by atoms with Gasteiger partial charge in [-0.05, 0) is 38.8 Å². The Labute approximate surface area is 115 Å². The molecule has 0 radical (unpaired) electrons. The summed E-state index contributed by atoms with van der Waals surface area (Å²) in [5, 5.41) is 3.86. The summed E-state index contributed by atoms with van der Waals surface area (Å²) in [6.07, 6.45) is 8.23. The summed E-state index contributed by atoms with van der Waals surface area (Å²) in [5.41, 5.74) is 0. The Balaban J connectivity index is 2.45. The highest BCUT2D eigenvalue weighted by atomic mass is 15.1. The topological polar surface area (TPSA) is 15.3 Å². The Kier molecular flexibility index (Phi) is 7.25. The van der Waals surface area contributed by atoms with E-state index < -0.39 is 0 Å². The van der Waals surface area contributed by atoms with E-state index in [9.17, 15) is 0 Å². The van der Waals surface area contributed by atoms with Crippen LogP contribution in [0.25, 0.3) is 0 Å². The first-order valence-electron chi connectivity index (χ1n) is 7.99. The van der Waals surface area contributed by atoms with Gasteiger partial charge in [-0.3, -0.25) is 0 Å². The standard InChI is InChI=1S/C16H34N2/c1-6-14(7-2)16(18(4)5)12-17-15-11-9-8-10-13(15)3/h13-17H,6-12H2,1-5H3. The molecule has 1 fully saturated rings. The van der Waals surface area contributed by atoms with Gasteiger partial charge in [-0.15, -0.1) is 0 Å². The maximum atomic E-state index is 3.86. The van der Waals surface area contributed by atoms with Crippen LogP contribution in [0, 0.1) is 11.8 Å². The van der Waals surface area contributed by atoms with Crippen LogP contribution in [0.5, 0.6) is 0 Å². The molecule has 0 aromatic carbocycles. The average Bonchev–Trinajstić information content (AvgIpc) is 2.36. The lowest BCUT2D eigenvalue weighted by atomic mass is 9.85. The van der Waals surface area contributed by atoms with Gasteiger partial charge in [0, 0.05) is 18.6 Å². The minimum absolute atomic E-state index is 0.689. The van der Waals surface area contributed by atoms with Crippen molar-refractivity contribution in [1.29, 1.82) is 0 Å². The highest BCUT2D eigenvalue weighted by Crippen LogP contribution is 2.24. The maximum Gasteiger partial charge on any atom is 0.0242 e. The molecule has 0 bridgehead atoms. The largest absolute Gasteiger partial charge is 0.312 e. The van der Waals surface area contributed by atoms with Crippen molar-refractivity contribution in [1.82, 2.24) is 10.2 Å². The molecule has 0 aromatic heterocycles. The van der Waals surface area contributed by atoms with Gasteiger partial charge in [0.15, 0.2) is 0 Å². The van der Waals surface area contributed by atoms with E-state index in [4.69, 9.17) is 0 Å². The van der Waals surface area contributed by atoms with E-state index in [1.54, 1.807) is 0 Å². The molecule has 0 saturated heterocycles. The molecule has 1 aliphatic carbocycles. The van der Waals surface area contributed by atoms with Crippen LogP contribution in [0.3, 0.4) is 0 Å². The zero-order chi connectivity index (χ0) is 13.5. The molecule has 0 amide bonds. The van der Waals surface area contributed by atoms with Crippen LogP contribution in [0.15, 0.2) is 0 Å². The third kappa shape index (κ3) is 4.55. The Hall–Kier alpha value is -0.0800. The van der Waals surface area contributed by atoms with Gasteiger partial charge in [0.1, 0.15) is 0 Å². The number of nitrogens with zero attached hydrogens (tertiary/aromatic N) is 1. The van der Waals surface area contributed by atoms with Crippen LogP contribution in [0.1, 0.15) is 59.3 Å². The number of nitrogens with one attached hydrogen (secondary N) is 1. The molecule has 1 saturated carbocycles. The number of hydrogen-bond acceptors (Lipinski definition) is 2. The molecule has 1 rings (SSSR count). The number of rotatable bonds is 7. The van der Waals surface area contributed by atoms with Crippen LogP contribution >= 0.6 is 0 Å². The lowest BCUT2D eigenvalue weighted by Crippen LogP contribution is -2.48. The highest BCUT2D eigenvalue weighted by molar-refractivity contribution is 4.83. The van der Waals surface area contributed by atoms with Crippen LogP contribution in [-0.4, -0.2) is 37.6 Å². The molecule has 18 heavy (non-hydrogen) atoms. The predicted molar refractivity (Wildman–Crippen MR) is 81.0 cm³/mol. The molecule has 2 nitrogen and oxygen atoms in total. The summed E-state index contributed by atoms with van der Waals surface area (Å²) >= 11 is 0. The third-order valence-corrected chi connectivity index (χ3v) is 4.96. The highest BCUT2D eigenvalue weighted by Gasteiger charge is 2.25. The quantitative estimate of drug-likeness (QED) is 0.748. The van der Waals surface area contributed by atoms with Crippen molar-refractivity contribution in [2.45, 2.75) is 71.4 Å². The Morgan fingerprint density at radius 1 is 1.11 bits per heavy atom. The second-order valence-electron chi connectivity index (χ2n) is 6.38. The first kappa shape index (κ1) is 16.0. The Morgan fingerprint density at radius 2 is 1.72 bits per heavy atom. The fraction of sp³-hybridized carbons (Fsp3) is 1.00. The van der Waals surface area contributed by atoms with Crippen molar-refractivity contribution in [3.8, 4) is 0 Å². The van der Waals surface area contributed by atoms with Gasteiger partial charge >= 0.3 is 0 Å². The molecule has 1 N–H and O–H groups in total. The third-order valence-electron chi connectivity index (χ3n) is 4.96. The summed E-state index contributed by atoms with van der Waals surface area (Å²) in [6, 6.07) is 1.45. The Bertz CT molecular complexity index is 211. The van der Waals surface area contributed by atoms with Crippen molar-refractivity contribution < 1.29 is 0 Å². The van der Waals surface area contributed by atoms with Gasteiger partial charge in [-0.1, -0.05) is 46.5 Å². The lowest BCUT2D eigenvalue weighted by molar-refractivity contribution is 0.175. The van der Waals surface area contributed by atoms with E-state index in [2.05, 4.69) is 45.1 Å². The van der Waals surface area contributed by atoms with Crippen LogP contribution < -0.4 is 5.32 Å². The van der Waals surface area contributed by atoms with Gasteiger partial charge in [0.2, 0.25) is 0 Å². The van der Waals surface area contributed by atoms with Crippen LogP contribution in [0.2, 0.25) is 0 Å². The molecule has 3 atom stereocenters. The average molecular weight is 254 g/mol. The van der Waals surface area contributed by atoms with Crippen LogP contribution in [0.4, 0.5) is 0 Å². The number of hydrogen-bond donors (Lipinski definition) is 1. The van der Waals surface area contributed by atoms with E-state index >= 15 is 0 Å². The molecular weight excluding hydrogens is 220 g/mol. The smallest absolute Gasteiger partial charge is 0.0242 e.